The fourth-order valence-corrected chi connectivity index (χ4v) is 3.52. The van der Waals surface area contributed by atoms with E-state index < -0.39 is 73.4 Å². The van der Waals surface area contributed by atoms with Gasteiger partial charge in [0.2, 0.25) is 6.29 Å². The van der Waals surface area contributed by atoms with Gasteiger partial charge in [-0.15, -0.1) is 0 Å². The van der Waals surface area contributed by atoms with E-state index in [4.69, 9.17) is 33.2 Å². The highest BCUT2D eigenvalue weighted by Crippen LogP contribution is 2.36. The molecule has 0 aliphatic carbocycles. The average Bonchev–Trinajstić information content (AvgIpc) is 2.84. The molecule has 2 aliphatic rings. The number of esters is 4. The Morgan fingerprint density at radius 3 is 2.22 bits per heavy atom. The molecule has 0 aromatic heterocycles. The van der Waals surface area contributed by atoms with Gasteiger partial charge in [-0.25, -0.2) is 4.79 Å². The minimum Gasteiger partial charge on any atom is -0.469 e. The normalized spacial score (nSPS) is 31.0. The number of ether oxygens (including phenoxy) is 7. The molecule has 2 heterocycles. The molecule has 36 heavy (non-hydrogen) atoms. The summed E-state index contributed by atoms with van der Waals surface area (Å²) in [6.45, 7) is 1.58. The second-order valence-corrected chi connectivity index (χ2v) is 7.83. The van der Waals surface area contributed by atoms with Crippen LogP contribution in [0.1, 0.15) is 20.3 Å². The molecule has 0 saturated carbocycles. The molecule has 2 aliphatic heterocycles. The Hall–Kier alpha value is -3.04. The average molecular weight is 518 g/mol. The lowest BCUT2D eigenvalue weighted by Crippen LogP contribution is -2.60. The lowest BCUT2D eigenvalue weighted by atomic mass is 9.86. The molecule has 0 radical (unpaired) electrons. The summed E-state index contributed by atoms with van der Waals surface area (Å²) in [6, 6.07) is 0. The minimum atomic E-state index is -1.77. The molecule has 2 rings (SSSR count). The number of hydrogen-bond acceptors (Lipinski definition) is 14. The molecule has 202 valence electrons. The zero-order valence-corrected chi connectivity index (χ0v) is 20.1. The standard InChI is InChI=1S/C22H30O14/c1-10(23)32-6-5-12-13(7-16(25)30-3)14(20(29)31-4)8-34-21(12)36-22-19(28)18(27)17(26)15(35-22)9-33-11(2)24/h5,8,13,15,17-19,21-22,26-28H,6-7,9H2,1-4H3. The Morgan fingerprint density at radius 2 is 1.64 bits per heavy atom. The van der Waals surface area contributed by atoms with Crippen molar-refractivity contribution in [3.05, 3.63) is 23.5 Å². The molecule has 0 spiro atoms. The van der Waals surface area contributed by atoms with E-state index in [0.717, 1.165) is 27.4 Å². The van der Waals surface area contributed by atoms with Crippen LogP contribution in [0, 0.1) is 5.92 Å². The van der Waals surface area contributed by atoms with Gasteiger partial charge in [-0.3, -0.25) is 14.4 Å². The van der Waals surface area contributed by atoms with Crippen molar-refractivity contribution in [1.82, 2.24) is 0 Å². The number of methoxy groups -OCH3 is 2. The van der Waals surface area contributed by atoms with E-state index in [9.17, 15) is 34.5 Å². The van der Waals surface area contributed by atoms with Gasteiger partial charge in [0.05, 0.1) is 32.5 Å². The second kappa shape index (κ2) is 13.3. The highest BCUT2D eigenvalue weighted by molar-refractivity contribution is 5.90. The van der Waals surface area contributed by atoms with Crippen molar-refractivity contribution in [2.45, 2.75) is 57.3 Å². The molecule has 0 aromatic rings. The van der Waals surface area contributed by atoms with Crippen LogP contribution in [0.2, 0.25) is 0 Å². The quantitative estimate of drug-likeness (QED) is 0.180. The van der Waals surface area contributed by atoms with Crippen LogP contribution in [0.5, 0.6) is 0 Å². The zero-order chi connectivity index (χ0) is 27.0. The first-order valence-electron chi connectivity index (χ1n) is 10.8. The van der Waals surface area contributed by atoms with Crippen LogP contribution in [0.15, 0.2) is 23.5 Å². The maximum atomic E-state index is 12.3. The van der Waals surface area contributed by atoms with Crippen LogP contribution in [-0.4, -0.2) is 104 Å². The number of hydrogen-bond donors (Lipinski definition) is 3. The van der Waals surface area contributed by atoms with Crippen molar-refractivity contribution in [3.8, 4) is 0 Å². The SMILES string of the molecule is COC(=O)CC1C(C(=O)OC)=COC(OC2OC(COC(C)=O)C(O)C(O)C2O)C1=CCOC(C)=O. The summed E-state index contributed by atoms with van der Waals surface area (Å²) in [5, 5.41) is 30.8. The van der Waals surface area contributed by atoms with E-state index >= 15 is 0 Å². The minimum absolute atomic E-state index is 0.0647. The van der Waals surface area contributed by atoms with Gasteiger partial charge < -0.3 is 48.5 Å². The van der Waals surface area contributed by atoms with Crippen molar-refractivity contribution in [3.63, 3.8) is 0 Å². The first-order chi connectivity index (χ1) is 17.0. The Labute approximate surface area is 206 Å². The Kier molecular flexibility index (Phi) is 10.8. The van der Waals surface area contributed by atoms with Crippen LogP contribution in [0.25, 0.3) is 0 Å². The monoisotopic (exact) mass is 518 g/mol. The third-order valence-corrected chi connectivity index (χ3v) is 5.37. The Bertz CT molecular complexity index is 880. The highest BCUT2D eigenvalue weighted by atomic mass is 16.8. The van der Waals surface area contributed by atoms with E-state index in [2.05, 4.69) is 0 Å². The molecule has 14 nitrogen and oxygen atoms in total. The smallest absolute Gasteiger partial charge is 0.337 e. The first-order valence-corrected chi connectivity index (χ1v) is 10.8. The fourth-order valence-electron chi connectivity index (χ4n) is 3.52. The molecular weight excluding hydrogens is 488 g/mol. The summed E-state index contributed by atoms with van der Waals surface area (Å²) in [7, 11) is 2.28. The topological polar surface area (TPSA) is 194 Å². The summed E-state index contributed by atoms with van der Waals surface area (Å²) in [5.74, 6) is -3.78. The van der Waals surface area contributed by atoms with Gasteiger partial charge in [-0.2, -0.15) is 0 Å². The zero-order valence-electron chi connectivity index (χ0n) is 20.1. The number of rotatable bonds is 9. The van der Waals surface area contributed by atoms with Crippen LogP contribution in [0.4, 0.5) is 0 Å². The third kappa shape index (κ3) is 7.48. The van der Waals surface area contributed by atoms with Gasteiger partial charge in [-0.1, -0.05) is 0 Å². The van der Waals surface area contributed by atoms with Crippen molar-refractivity contribution < 1.29 is 67.7 Å². The highest BCUT2D eigenvalue weighted by Gasteiger charge is 2.47. The van der Waals surface area contributed by atoms with Crippen molar-refractivity contribution in [1.29, 1.82) is 0 Å². The molecule has 0 bridgehead atoms. The summed E-state index contributed by atoms with van der Waals surface area (Å²) in [6.07, 6.45) is -7.42. The van der Waals surface area contributed by atoms with Gasteiger partial charge in [0.25, 0.3) is 0 Å². The lowest BCUT2D eigenvalue weighted by Gasteiger charge is -2.42. The summed E-state index contributed by atoms with van der Waals surface area (Å²) < 4.78 is 35.9. The number of carbonyl (C=O) groups excluding carboxylic acids is 4. The molecule has 7 atom stereocenters. The van der Waals surface area contributed by atoms with Crippen LogP contribution in [0.3, 0.4) is 0 Å². The predicted molar refractivity (Wildman–Crippen MR) is 114 cm³/mol. The fraction of sp³-hybridized carbons (Fsp3) is 0.636. The second-order valence-electron chi connectivity index (χ2n) is 7.83. The third-order valence-electron chi connectivity index (χ3n) is 5.37. The number of carbonyl (C=O) groups is 4. The molecule has 0 aromatic carbocycles. The molecular formula is C22H30O14. The van der Waals surface area contributed by atoms with Gasteiger partial charge >= 0.3 is 23.9 Å². The first kappa shape index (κ1) is 29.2. The molecule has 7 unspecified atom stereocenters. The van der Waals surface area contributed by atoms with E-state index in [-0.39, 0.29) is 24.2 Å². The van der Waals surface area contributed by atoms with Crippen LogP contribution >= 0.6 is 0 Å². The predicted octanol–water partition coefficient (Wildman–Crippen LogP) is -1.54. The van der Waals surface area contributed by atoms with E-state index in [0.29, 0.717) is 0 Å². The summed E-state index contributed by atoms with van der Waals surface area (Å²) in [5.41, 5.74) is 0.0580. The van der Waals surface area contributed by atoms with Crippen LogP contribution in [-0.2, 0) is 52.3 Å². The van der Waals surface area contributed by atoms with Crippen molar-refractivity contribution in [2.24, 2.45) is 5.92 Å². The van der Waals surface area contributed by atoms with Gasteiger partial charge in [0, 0.05) is 25.3 Å². The molecule has 0 amide bonds. The molecule has 1 saturated heterocycles. The largest absolute Gasteiger partial charge is 0.469 e. The van der Waals surface area contributed by atoms with E-state index in [1.165, 1.54) is 13.0 Å². The lowest BCUT2D eigenvalue weighted by molar-refractivity contribution is -0.328. The van der Waals surface area contributed by atoms with Crippen LogP contribution < -0.4 is 0 Å². The van der Waals surface area contributed by atoms with E-state index in [1.54, 1.807) is 0 Å². The maximum absolute atomic E-state index is 12.3. The Morgan fingerprint density at radius 1 is 0.972 bits per heavy atom. The van der Waals surface area contributed by atoms with Gasteiger partial charge in [-0.05, 0) is 6.08 Å². The van der Waals surface area contributed by atoms with Gasteiger partial charge in [0.15, 0.2) is 6.29 Å². The molecule has 14 heteroatoms. The molecule has 3 N–H and O–H groups in total. The number of aliphatic hydroxyl groups excluding tert-OH is 3. The molecule has 1 fully saturated rings. The summed E-state index contributed by atoms with van der Waals surface area (Å²) >= 11 is 0. The number of aliphatic hydroxyl groups is 3. The van der Waals surface area contributed by atoms with E-state index in [1.807, 2.05) is 0 Å². The summed E-state index contributed by atoms with van der Waals surface area (Å²) in [4.78, 5) is 46.8. The maximum Gasteiger partial charge on any atom is 0.337 e. The van der Waals surface area contributed by atoms with Gasteiger partial charge in [0.1, 0.15) is 37.6 Å². The Balaban J connectivity index is 2.38. The van der Waals surface area contributed by atoms with Crippen molar-refractivity contribution >= 4 is 23.9 Å². The van der Waals surface area contributed by atoms with Crippen molar-refractivity contribution in [2.75, 3.05) is 27.4 Å².